The molecule has 0 saturated heterocycles. The molecule has 0 spiro atoms. The molecule has 2 heterocycles. The molecule has 2 aromatic rings. The Morgan fingerprint density at radius 2 is 2.29 bits per heavy atom. The Morgan fingerprint density at radius 1 is 1.47 bits per heavy atom. The number of esters is 1. The summed E-state index contributed by atoms with van der Waals surface area (Å²) < 4.78 is 6.02. The minimum Gasteiger partial charge on any atom is -0.469 e. The van der Waals surface area contributed by atoms with Crippen LogP contribution in [0.1, 0.15) is 6.42 Å². The van der Waals surface area contributed by atoms with E-state index in [4.69, 9.17) is 0 Å². The van der Waals surface area contributed by atoms with Crippen LogP contribution in [-0.2, 0) is 16.1 Å². The largest absolute Gasteiger partial charge is 0.469 e. The molecule has 0 radical (unpaired) electrons. The van der Waals surface area contributed by atoms with E-state index in [1.165, 1.54) is 11.7 Å². The van der Waals surface area contributed by atoms with Crippen molar-refractivity contribution in [3.05, 3.63) is 40.9 Å². The molecule has 0 aliphatic rings. The van der Waals surface area contributed by atoms with Gasteiger partial charge >= 0.3 is 5.97 Å². The SMILES string of the molecule is COC(=O)CCn1ccc2ncccc2c1=O. The van der Waals surface area contributed by atoms with Crippen molar-refractivity contribution in [2.24, 2.45) is 0 Å². The number of carbonyl (C=O) groups excluding carboxylic acids is 1. The van der Waals surface area contributed by atoms with Gasteiger partial charge in [-0.3, -0.25) is 14.6 Å². The number of ether oxygens (including phenoxy) is 1. The predicted octanol–water partition coefficient (Wildman–Crippen LogP) is 0.960. The molecule has 5 nitrogen and oxygen atoms in total. The number of rotatable bonds is 3. The van der Waals surface area contributed by atoms with E-state index in [0.717, 1.165) is 0 Å². The van der Waals surface area contributed by atoms with Crippen molar-refractivity contribution >= 4 is 16.9 Å². The molecule has 0 unspecified atom stereocenters. The normalized spacial score (nSPS) is 10.4. The van der Waals surface area contributed by atoms with Crippen molar-refractivity contribution in [1.82, 2.24) is 9.55 Å². The summed E-state index contributed by atoms with van der Waals surface area (Å²) in [7, 11) is 1.33. The van der Waals surface area contributed by atoms with E-state index in [0.29, 0.717) is 17.4 Å². The number of carbonyl (C=O) groups is 1. The maximum absolute atomic E-state index is 12.0. The lowest BCUT2D eigenvalue weighted by atomic mass is 10.2. The van der Waals surface area contributed by atoms with Gasteiger partial charge in [-0.15, -0.1) is 0 Å². The van der Waals surface area contributed by atoms with E-state index in [-0.39, 0.29) is 17.9 Å². The fraction of sp³-hybridized carbons (Fsp3) is 0.250. The third-order valence-corrected chi connectivity index (χ3v) is 2.53. The van der Waals surface area contributed by atoms with E-state index in [9.17, 15) is 9.59 Å². The maximum Gasteiger partial charge on any atom is 0.307 e. The van der Waals surface area contributed by atoms with E-state index in [2.05, 4.69) is 9.72 Å². The smallest absolute Gasteiger partial charge is 0.307 e. The summed E-state index contributed by atoms with van der Waals surface area (Å²) in [5.74, 6) is -0.330. The summed E-state index contributed by atoms with van der Waals surface area (Å²) in [5, 5.41) is 0.555. The van der Waals surface area contributed by atoms with Crippen molar-refractivity contribution < 1.29 is 9.53 Å². The second-order valence-electron chi connectivity index (χ2n) is 3.58. The average molecular weight is 232 g/mol. The van der Waals surface area contributed by atoms with Gasteiger partial charge in [0.25, 0.3) is 5.56 Å². The Morgan fingerprint density at radius 3 is 3.06 bits per heavy atom. The van der Waals surface area contributed by atoms with Gasteiger partial charge in [0.1, 0.15) is 0 Å². The molecule has 0 fully saturated rings. The monoisotopic (exact) mass is 232 g/mol. The molecular formula is C12H12N2O3. The van der Waals surface area contributed by atoms with Gasteiger partial charge < -0.3 is 9.30 Å². The Hall–Kier alpha value is -2.17. The minimum absolute atomic E-state index is 0.139. The van der Waals surface area contributed by atoms with Gasteiger partial charge in [0.15, 0.2) is 0 Å². The Bertz CT molecular complexity index is 604. The van der Waals surface area contributed by atoms with Crippen LogP contribution < -0.4 is 5.56 Å². The van der Waals surface area contributed by atoms with E-state index in [1.807, 2.05) is 0 Å². The highest BCUT2D eigenvalue weighted by molar-refractivity contribution is 5.76. The standard InChI is InChI=1S/C12H12N2O3/c1-17-11(15)5-8-14-7-4-10-9(12(14)16)3-2-6-13-10/h2-4,6-7H,5,8H2,1H3. The molecule has 2 rings (SSSR count). The van der Waals surface area contributed by atoms with Crippen LogP contribution in [0.5, 0.6) is 0 Å². The van der Waals surface area contributed by atoms with Crippen molar-refractivity contribution in [2.45, 2.75) is 13.0 Å². The third-order valence-electron chi connectivity index (χ3n) is 2.53. The first-order chi connectivity index (χ1) is 8.22. The molecule has 0 aliphatic heterocycles. The van der Waals surface area contributed by atoms with Crippen LogP contribution in [0, 0.1) is 0 Å². The van der Waals surface area contributed by atoms with Gasteiger partial charge in [-0.1, -0.05) is 0 Å². The van der Waals surface area contributed by atoms with E-state index < -0.39 is 0 Å². The van der Waals surface area contributed by atoms with Gasteiger partial charge in [0.2, 0.25) is 0 Å². The number of nitrogens with zero attached hydrogens (tertiary/aromatic N) is 2. The van der Waals surface area contributed by atoms with Crippen LogP contribution in [0.15, 0.2) is 35.4 Å². The molecule has 0 atom stereocenters. The first-order valence-corrected chi connectivity index (χ1v) is 5.23. The number of pyridine rings is 2. The molecule has 0 aliphatic carbocycles. The Labute approximate surface area is 97.7 Å². The zero-order chi connectivity index (χ0) is 12.3. The number of methoxy groups -OCH3 is 1. The molecule has 0 bridgehead atoms. The van der Waals surface area contributed by atoms with Crippen LogP contribution >= 0.6 is 0 Å². The highest BCUT2D eigenvalue weighted by Gasteiger charge is 2.05. The van der Waals surface area contributed by atoms with Crippen molar-refractivity contribution in [1.29, 1.82) is 0 Å². The lowest BCUT2D eigenvalue weighted by molar-refractivity contribution is -0.140. The minimum atomic E-state index is -0.330. The van der Waals surface area contributed by atoms with Crippen LogP contribution in [-0.4, -0.2) is 22.6 Å². The first kappa shape index (κ1) is 11.3. The molecule has 88 valence electrons. The summed E-state index contributed by atoms with van der Waals surface area (Å²) in [6.07, 6.45) is 3.46. The van der Waals surface area contributed by atoms with Crippen LogP contribution in [0.4, 0.5) is 0 Å². The fourth-order valence-corrected chi connectivity index (χ4v) is 1.60. The second kappa shape index (κ2) is 4.78. The topological polar surface area (TPSA) is 61.2 Å². The summed E-state index contributed by atoms with van der Waals surface area (Å²) in [5.41, 5.74) is 0.520. The fourth-order valence-electron chi connectivity index (χ4n) is 1.60. The maximum atomic E-state index is 12.0. The van der Waals surface area contributed by atoms with Crippen molar-refractivity contribution in [3.63, 3.8) is 0 Å². The highest BCUT2D eigenvalue weighted by atomic mass is 16.5. The first-order valence-electron chi connectivity index (χ1n) is 5.23. The predicted molar refractivity (Wildman–Crippen MR) is 62.6 cm³/mol. The van der Waals surface area contributed by atoms with Crippen LogP contribution in [0.25, 0.3) is 10.9 Å². The lowest BCUT2D eigenvalue weighted by Crippen LogP contribution is -2.21. The molecule has 0 N–H and O–H groups in total. The van der Waals surface area contributed by atoms with Crippen LogP contribution in [0.2, 0.25) is 0 Å². The van der Waals surface area contributed by atoms with Gasteiger partial charge in [-0.05, 0) is 18.2 Å². The number of hydrogen-bond acceptors (Lipinski definition) is 4. The molecular weight excluding hydrogens is 220 g/mol. The van der Waals surface area contributed by atoms with Crippen molar-refractivity contribution in [2.75, 3.05) is 7.11 Å². The van der Waals surface area contributed by atoms with Crippen molar-refractivity contribution in [3.8, 4) is 0 Å². The number of aromatic nitrogens is 2. The summed E-state index contributed by atoms with van der Waals surface area (Å²) in [6.45, 7) is 0.316. The molecule has 0 amide bonds. The zero-order valence-electron chi connectivity index (χ0n) is 9.42. The summed E-state index contributed by atoms with van der Waals surface area (Å²) in [6, 6.07) is 5.20. The molecule has 2 aromatic heterocycles. The summed E-state index contributed by atoms with van der Waals surface area (Å²) >= 11 is 0. The molecule has 0 saturated carbocycles. The van der Waals surface area contributed by atoms with Crippen LogP contribution in [0.3, 0.4) is 0 Å². The molecule has 17 heavy (non-hydrogen) atoms. The van der Waals surface area contributed by atoms with Gasteiger partial charge in [0, 0.05) is 18.9 Å². The van der Waals surface area contributed by atoms with Gasteiger partial charge in [-0.2, -0.15) is 0 Å². The van der Waals surface area contributed by atoms with E-state index >= 15 is 0 Å². The van der Waals surface area contributed by atoms with Gasteiger partial charge in [-0.25, -0.2) is 0 Å². The molecule has 0 aromatic carbocycles. The Balaban J connectivity index is 2.33. The number of fused-ring (bicyclic) bond motifs is 1. The number of aryl methyl sites for hydroxylation is 1. The molecule has 5 heteroatoms. The summed E-state index contributed by atoms with van der Waals surface area (Å²) in [4.78, 5) is 27.1. The van der Waals surface area contributed by atoms with Gasteiger partial charge in [0.05, 0.1) is 24.4 Å². The van der Waals surface area contributed by atoms with E-state index in [1.54, 1.807) is 30.6 Å². The lowest BCUT2D eigenvalue weighted by Gasteiger charge is -2.05. The Kier molecular flexibility index (Phi) is 3.18. The average Bonchev–Trinajstić information content (AvgIpc) is 2.38. The quantitative estimate of drug-likeness (QED) is 0.739. The number of hydrogen-bond donors (Lipinski definition) is 0. The second-order valence-corrected chi connectivity index (χ2v) is 3.58. The zero-order valence-corrected chi connectivity index (χ0v) is 9.42. The highest BCUT2D eigenvalue weighted by Crippen LogP contribution is 2.04. The third kappa shape index (κ3) is 2.33.